The van der Waals surface area contributed by atoms with Gasteiger partial charge in [0.15, 0.2) is 0 Å². The van der Waals surface area contributed by atoms with Crippen LogP contribution in [0.2, 0.25) is 0 Å². The van der Waals surface area contributed by atoms with E-state index >= 15 is 0 Å². The second kappa shape index (κ2) is 4.14. The van der Waals surface area contributed by atoms with Crippen LogP contribution in [0.4, 0.5) is 4.39 Å². The lowest BCUT2D eigenvalue weighted by molar-refractivity contribution is 0.618. The number of halogens is 2. The Hall–Kier alpha value is -1.16. The molecule has 0 saturated carbocycles. The predicted molar refractivity (Wildman–Crippen MR) is 60.2 cm³/mol. The SMILES string of the molecule is Cc1cnn(Cc2cc(F)cc(Br)c2)c1. The monoisotopic (exact) mass is 268 g/mol. The van der Waals surface area contributed by atoms with Crippen molar-refractivity contribution in [1.29, 1.82) is 0 Å². The first-order valence-electron chi connectivity index (χ1n) is 4.57. The molecule has 0 atom stereocenters. The van der Waals surface area contributed by atoms with E-state index in [0.717, 1.165) is 15.6 Å². The number of nitrogens with zero attached hydrogens (tertiary/aromatic N) is 2. The van der Waals surface area contributed by atoms with Crippen molar-refractivity contribution in [2.75, 3.05) is 0 Å². The van der Waals surface area contributed by atoms with Gasteiger partial charge >= 0.3 is 0 Å². The number of hydrogen-bond donors (Lipinski definition) is 0. The first-order valence-corrected chi connectivity index (χ1v) is 5.37. The van der Waals surface area contributed by atoms with Crippen LogP contribution in [0.5, 0.6) is 0 Å². The molecule has 0 fully saturated rings. The smallest absolute Gasteiger partial charge is 0.124 e. The molecule has 2 rings (SSSR count). The van der Waals surface area contributed by atoms with Gasteiger partial charge in [0.1, 0.15) is 5.82 Å². The third-order valence-corrected chi connectivity index (χ3v) is 2.49. The maximum Gasteiger partial charge on any atom is 0.124 e. The van der Waals surface area contributed by atoms with Gasteiger partial charge in [-0.25, -0.2) is 4.39 Å². The summed E-state index contributed by atoms with van der Waals surface area (Å²) in [6.07, 6.45) is 3.72. The van der Waals surface area contributed by atoms with Gasteiger partial charge in [-0.1, -0.05) is 15.9 Å². The van der Waals surface area contributed by atoms with Crippen molar-refractivity contribution < 1.29 is 4.39 Å². The highest BCUT2D eigenvalue weighted by atomic mass is 79.9. The van der Waals surface area contributed by atoms with Crippen LogP contribution in [-0.2, 0) is 6.54 Å². The Bertz CT molecular complexity index is 459. The summed E-state index contributed by atoms with van der Waals surface area (Å²) in [5.41, 5.74) is 2.00. The zero-order valence-electron chi connectivity index (χ0n) is 8.24. The molecule has 0 amide bonds. The quantitative estimate of drug-likeness (QED) is 0.819. The van der Waals surface area contributed by atoms with Gasteiger partial charge in [-0.2, -0.15) is 5.10 Å². The molecule has 0 saturated heterocycles. The number of aryl methyl sites for hydroxylation is 1. The fourth-order valence-electron chi connectivity index (χ4n) is 1.44. The summed E-state index contributed by atoms with van der Waals surface area (Å²) in [6.45, 7) is 2.56. The third kappa shape index (κ3) is 2.65. The summed E-state index contributed by atoms with van der Waals surface area (Å²) in [7, 11) is 0. The average Bonchev–Trinajstić information content (AvgIpc) is 2.49. The van der Waals surface area contributed by atoms with Gasteiger partial charge in [0.2, 0.25) is 0 Å². The largest absolute Gasteiger partial charge is 0.268 e. The summed E-state index contributed by atoms with van der Waals surface area (Å²) < 4.78 is 15.6. The summed E-state index contributed by atoms with van der Waals surface area (Å²) in [4.78, 5) is 0. The molecule has 1 aromatic heterocycles. The van der Waals surface area contributed by atoms with E-state index in [1.54, 1.807) is 10.9 Å². The van der Waals surface area contributed by atoms with Crippen LogP contribution in [0.3, 0.4) is 0 Å². The molecule has 1 heterocycles. The molecular formula is C11H10BrFN2. The molecule has 0 aliphatic heterocycles. The maximum absolute atomic E-state index is 13.1. The zero-order chi connectivity index (χ0) is 10.8. The van der Waals surface area contributed by atoms with Crippen LogP contribution in [0.15, 0.2) is 35.1 Å². The molecule has 0 N–H and O–H groups in total. The van der Waals surface area contributed by atoms with Gasteiger partial charge in [0, 0.05) is 10.7 Å². The Morgan fingerprint density at radius 2 is 2.20 bits per heavy atom. The summed E-state index contributed by atoms with van der Waals surface area (Å²) in [6, 6.07) is 4.85. The van der Waals surface area contributed by atoms with Crippen LogP contribution >= 0.6 is 15.9 Å². The molecule has 0 unspecified atom stereocenters. The maximum atomic E-state index is 13.1. The minimum absolute atomic E-state index is 0.233. The van der Waals surface area contributed by atoms with Gasteiger partial charge in [-0.3, -0.25) is 4.68 Å². The molecule has 2 aromatic rings. The van der Waals surface area contributed by atoms with Gasteiger partial charge in [-0.15, -0.1) is 0 Å². The molecule has 2 nitrogen and oxygen atoms in total. The van der Waals surface area contributed by atoms with Gasteiger partial charge in [0.25, 0.3) is 0 Å². The van der Waals surface area contributed by atoms with Crippen molar-refractivity contribution in [2.24, 2.45) is 0 Å². The standard InChI is InChI=1S/C11H10BrFN2/c1-8-5-14-15(6-8)7-9-2-10(12)4-11(13)3-9/h2-6H,7H2,1H3. The van der Waals surface area contributed by atoms with Crippen LogP contribution in [-0.4, -0.2) is 9.78 Å². The number of aromatic nitrogens is 2. The van der Waals surface area contributed by atoms with E-state index in [9.17, 15) is 4.39 Å². The Morgan fingerprint density at radius 1 is 1.40 bits per heavy atom. The molecule has 0 bridgehead atoms. The average molecular weight is 269 g/mol. The molecule has 0 radical (unpaired) electrons. The van der Waals surface area contributed by atoms with E-state index in [-0.39, 0.29) is 5.82 Å². The summed E-state index contributed by atoms with van der Waals surface area (Å²) in [5.74, 6) is -0.233. The summed E-state index contributed by atoms with van der Waals surface area (Å²) >= 11 is 3.26. The Kier molecular flexibility index (Phi) is 2.86. The third-order valence-electron chi connectivity index (χ3n) is 2.03. The van der Waals surface area contributed by atoms with Crippen LogP contribution < -0.4 is 0 Å². The van der Waals surface area contributed by atoms with E-state index in [1.807, 2.05) is 19.2 Å². The second-order valence-electron chi connectivity index (χ2n) is 3.49. The molecule has 0 aliphatic carbocycles. The Labute approximate surface area is 95.9 Å². The van der Waals surface area contributed by atoms with Gasteiger partial charge in [-0.05, 0) is 36.2 Å². The fraction of sp³-hybridized carbons (Fsp3) is 0.182. The molecule has 1 aromatic carbocycles. The number of rotatable bonds is 2. The Morgan fingerprint density at radius 3 is 2.80 bits per heavy atom. The van der Waals surface area contributed by atoms with E-state index in [2.05, 4.69) is 21.0 Å². The van der Waals surface area contributed by atoms with Crippen LogP contribution in [0, 0.1) is 12.7 Å². The van der Waals surface area contributed by atoms with Crippen LogP contribution in [0.25, 0.3) is 0 Å². The molecular weight excluding hydrogens is 259 g/mol. The highest BCUT2D eigenvalue weighted by Gasteiger charge is 2.01. The van der Waals surface area contributed by atoms with E-state index < -0.39 is 0 Å². The van der Waals surface area contributed by atoms with Crippen molar-refractivity contribution >= 4 is 15.9 Å². The normalized spacial score (nSPS) is 10.6. The van der Waals surface area contributed by atoms with E-state index in [0.29, 0.717) is 6.54 Å². The number of benzene rings is 1. The van der Waals surface area contributed by atoms with E-state index in [4.69, 9.17) is 0 Å². The first kappa shape index (κ1) is 10.4. The highest BCUT2D eigenvalue weighted by molar-refractivity contribution is 9.10. The number of hydrogen-bond acceptors (Lipinski definition) is 1. The lowest BCUT2D eigenvalue weighted by Gasteiger charge is -2.02. The molecule has 0 spiro atoms. The minimum Gasteiger partial charge on any atom is -0.268 e. The van der Waals surface area contributed by atoms with Crippen molar-refractivity contribution in [2.45, 2.75) is 13.5 Å². The molecule has 4 heteroatoms. The highest BCUT2D eigenvalue weighted by Crippen LogP contribution is 2.15. The van der Waals surface area contributed by atoms with Crippen LogP contribution in [0.1, 0.15) is 11.1 Å². The van der Waals surface area contributed by atoms with E-state index in [1.165, 1.54) is 12.1 Å². The van der Waals surface area contributed by atoms with Gasteiger partial charge < -0.3 is 0 Å². The molecule has 0 aliphatic rings. The minimum atomic E-state index is -0.233. The fourth-order valence-corrected chi connectivity index (χ4v) is 1.96. The van der Waals surface area contributed by atoms with Crippen molar-refractivity contribution in [1.82, 2.24) is 9.78 Å². The summed E-state index contributed by atoms with van der Waals surface area (Å²) in [5, 5.41) is 4.15. The Balaban J connectivity index is 2.24. The van der Waals surface area contributed by atoms with Gasteiger partial charge in [0.05, 0.1) is 12.7 Å². The lowest BCUT2D eigenvalue weighted by atomic mass is 10.2. The zero-order valence-corrected chi connectivity index (χ0v) is 9.83. The topological polar surface area (TPSA) is 17.8 Å². The molecule has 78 valence electrons. The van der Waals surface area contributed by atoms with Crippen molar-refractivity contribution in [3.63, 3.8) is 0 Å². The first-order chi connectivity index (χ1) is 7.13. The lowest BCUT2D eigenvalue weighted by Crippen LogP contribution is -2.00. The molecule has 15 heavy (non-hydrogen) atoms. The predicted octanol–water partition coefficient (Wildman–Crippen LogP) is 3.14. The van der Waals surface area contributed by atoms with Crippen molar-refractivity contribution in [3.05, 3.63) is 52.0 Å². The second-order valence-corrected chi connectivity index (χ2v) is 4.41. The van der Waals surface area contributed by atoms with Crippen molar-refractivity contribution in [3.8, 4) is 0 Å².